The normalized spacial score (nSPS) is 10.1. The van der Waals surface area contributed by atoms with E-state index in [-0.39, 0.29) is 0 Å². The average molecular weight is 277 g/mol. The first-order valence-corrected chi connectivity index (χ1v) is 6.07. The minimum atomic E-state index is -0.528. The Kier molecular flexibility index (Phi) is 4.07. The molecule has 2 rings (SSSR count). The van der Waals surface area contributed by atoms with Crippen LogP contribution in [0.1, 0.15) is 10.4 Å². The number of rotatable bonds is 4. The van der Waals surface area contributed by atoms with Crippen molar-refractivity contribution in [1.29, 1.82) is 0 Å². The molecule has 0 atom stereocenters. The molecule has 0 unspecified atom stereocenters. The Bertz CT molecular complexity index is 594. The van der Waals surface area contributed by atoms with E-state index in [0.29, 0.717) is 22.6 Å². The van der Waals surface area contributed by atoms with Gasteiger partial charge in [-0.2, -0.15) is 0 Å². The van der Waals surface area contributed by atoms with Crippen LogP contribution < -0.4 is 9.47 Å². The Morgan fingerprint density at radius 2 is 1.68 bits per heavy atom. The number of hydrogen-bond donors (Lipinski definition) is 0. The molecule has 0 spiro atoms. The largest absolute Gasteiger partial charge is 0.493 e. The standard InChI is InChI=1S/C15H13ClO3/c1-18-12-9-8-11(15(16)17)13(14(12)19-2)10-6-4-3-5-7-10/h3-9H,1-2H3. The second-order valence-electron chi connectivity index (χ2n) is 3.86. The van der Waals surface area contributed by atoms with Gasteiger partial charge in [0.1, 0.15) is 0 Å². The molecule has 0 heterocycles. The van der Waals surface area contributed by atoms with E-state index in [1.54, 1.807) is 19.2 Å². The highest BCUT2D eigenvalue weighted by atomic mass is 35.5. The van der Waals surface area contributed by atoms with Gasteiger partial charge >= 0.3 is 0 Å². The lowest BCUT2D eigenvalue weighted by molar-refractivity contribution is 0.108. The molecule has 2 aromatic carbocycles. The van der Waals surface area contributed by atoms with Crippen LogP contribution in [-0.4, -0.2) is 19.5 Å². The van der Waals surface area contributed by atoms with Crippen molar-refractivity contribution in [3.8, 4) is 22.6 Å². The monoisotopic (exact) mass is 276 g/mol. The Balaban J connectivity index is 2.77. The highest BCUT2D eigenvalue weighted by Gasteiger charge is 2.19. The first-order valence-electron chi connectivity index (χ1n) is 5.69. The predicted molar refractivity (Wildman–Crippen MR) is 75.2 cm³/mol. The van der Waals surface area contributed by atoms with E-state index in [2.05, 4.69) is 0 Å². The van der Waals surface area contributed by atoms with E-state index in [1.165, 1.54) is 7.11 Å². The van der Waals surface area contributed by atoms with Gasteiger partial charge in [-0.15, -0.1) is 0 Å². The van der Waals surface area contributed by atoms with Gasteiger partial charge in [0.25, 0.3) is 5.24 Å². The summed E-state index contributed by atoms with van der Waals surface area (Å²) >= 11 is 5.65. The molecule has 0 amide bonds. The minimum absolute atomic E-state index is 0.394. The molecule has 0 aliphatic heterocycles. The van der Waals surface area contributed by atoms with E-state index >= 15 is 0 Å². The van der Waals surface area contributed by atoms with Gasteiger partial charge in [-0.25, -0.2) is 0 Å². The van der Waals surface area contributed by atoms with Crippen molar-refractivity contribution < 1.29 is 14.3 Å². The second kappa shape index (κ2) is 5.76. The number of methoxy groups -OCH3 is 2. The zero-order chi connectivity index (χ0) is 13.8. The number of carbonyl (C=O) groups excluding carboxylic acids is 1. The van der Waals surface area contributed by atoms with E-state index in [0.717, 1.165) is 5.56 Å². The summed E-state index contributed by atoms with van der Waals surface area (Å²) in [6.07, 6.45) is 0. The van der Waals surface area contributed by atoms with Crippen LogP contribution >= 0.6 is 11.6 Å². The van der Waals surface area contributed by atoms with Gasteiger partial charge in [-0.1, -0.05) is 30.3 Å². The maximum absolute atomic E-state index is 11.6. The zero-order valence-electron chi connectivity index (χ0n) is 10.6. The van der Waals surface area contributed by atoms with Crippen LogP contribution in [0.3, 0.4) is 0 Å². The SMILES string of the molecule is COc1ccc(C(=O)Cl)c(-c2ccccc2)c1OC. The Morgan fingerprint density at radius 3 is 2.21 bits per heavy atom. The molecule has 0 aromatic heterocycles. The van der Waals surface area contributed by atoms with Gasteiger partial charge in [-0.3, -0.25) is 4.79 Å². The van der Waals surface area contributed by atoms with Crippen LogP contribution in [-0.2, 0) is 0 Å². The van der Waals surface area contributed by atoms with Crippen molar-refractivity contribution in [1.82, 2.24) is 0 Å². The second-order valence-corrected chi connectivity index (χ2v) is 4.21. The summed E-state index contributed by atoms with van der Waals surface area (Å²) in [6, 6.07) is 12.8. The summed E-state index contributed by atoms with van der Waals surface area (Å²) in [4.78, 5) is 11.6. The average Bonchev–Trinajstić information content (AvgIpc) is 2.46. The Morgan fingerprint density at radius 1 is 1.00 bits per heavy atom. The number of benzene rings is 2. The van der Waals surface area contributed by atoms with Gasteiger partial charge < -0.3 is 9.47 Å². The van der Waals surface area contributed by atoms with Crippen LogP contribution in [0.15, 0.2) is 42.5 Å². The molecule has 2 aromatic rings. The summed E-state index contributed by atoms with van der Waals surface area (Å²) in [5, 5.41) is -0.528. The fourth-order valence-electron chi connectivity index (χ4n) is 1.98. The maximum atomic E-state index is 11.6. The summed E-state index contributed by atoms with van der Waals surface area (Å²) < 4.78 is 10.6. The van der Waals surface area contributed by atoms with Gasteiger partial charge in [-0.05, 0) is 29.3 Å². The van der Waals surface area contributed by atoms with Crippen molar-refractivity contribution in [2.24, 2.45) is 0 Å². The summed E-state index contributed by atoms with van der Waals surface area (Å²) in [5.74, 6) is 1.06. The third kappa shape index (κ3) is 2.56. The summed E-state index contributed by atoms with van der Waals surface area (Å²) in [5.41, 5.74) is 1.88. The molecular weight excluding hydrogens is 264 g/mol. The predicted octanol–water partition coefficient (Wildman–Crippen LogP) is 3.75. The smallest absolute Gasteiger partial charge is 0.253 e. The fourth-order valence-corrected chi connectivity index (χ4v) is 2.14. The van der Waals surface area contributed by atoms with Gasteiger partial charge in [0, 0.05) is 11.1 Å². The van der Waals surface area contributed by atoms with E-state index in [1.807, 2.05) is 30.3 Å². The van der Waals surface area contributed by atoms with Crippen LogP contribution in [0, 0.1) is 0 Å². The lowest BCUT2D eigenvalue weighted by Gasteiger charge is -2.15. The van der Waals surface area contributed by atoms with Crippen molar-refractivity contribution in [3.63, 3.8) is 0 Å². The number of carbonyl (C=O) groups is 1. The molecule has 0 radical (unpaired) electrons. The molecule has 98 valence electrons. The molecule has 0 saturated heterocycles. The zero-order valence-corrected chi connectivity index (χ0v) is 11.4. The first kappa shape index (κ1) is 13.4. The molecule has 0 aliphatic carbocycles. The van der Waals surface area contributed by atoms with Crippen LogP contribution in [0.2, 0.25) is 0 Å². The van der Waals surface area contributed by atoms with Gasteiger partial charge in [0.2, 0.25) is 0 Å². The highest BCUT2D eigenvalue weighted by Crippen LogP contribution is 2.41. The molecule has 0 aliphatic rings. The number of hydrogen-bond acceptors (Lipinski definition) is 3. The quantitative estimate of drug-likeness (QED) is 0.798. The molecule has 0 N–H and O–H groups in total. The topological polar surface area (TPSA) is 35.5 Å². The lowest BCUT2D eigenvalue weighted by atomic mass is 9.98. The molecule has 0 bridgehead atoms. The van der Waals surface area contributed by atoms with Crippen molar-refractivity contribution in [2.45, 2.75) is 0 Å². The van der Waals surface area contributed by atoms with Crippen LogP contribution in [0.4, 0.5) is 0 Å². The minimum Gasteiger partial charge on any atom is -0.493 e. The van der Waals surface area contributed by atoms with E-state index < -0.39 is 5.24 Å². The number of halogens is 1. The fraction of sp³-hybridized carbons (Fsp3) is 0.133. The van der Waals surface area contributed by atoms with Crippen molar-refractivity contribution >= 4 is 16.8 Å². The molecule has 19 heavy (non-hydrogen) atoms. The van der Waals surface area contributed by atoms with Gasteiger partial charge in [0.05, 0.1) is 14.2 Å². The van der Waals surface area contributed by atoms with Gasteiger partial charge in [0.15, 0.2) is 11.5 Å². The van der Waals surface area contributed by atoms with Crippen molar-refractivity contribution in [2.75, 3.05) is 14.2 Å². The third-order valence-corrected chi connectivity index (χ3v) is 3.02. The lowest BCUT2D eigenvalue weighted by Crippen LogP contribution is -2.00. The van der Waals surface area contributed by atoms with Crippen LogP contribution in [0.25, 0.3) is 11.1 Å². The third-order valence-electron chi connectivity index (χ3n) is 2.82. The molecule has 3 nitrogen and oxygen atoms in total. The van der Waals surface area contributed by atoms with Crippen molar-refractivity contribution in [3.05, 3.63) is 48.0 Å². The van der Waals surface area contributed by atoms with E-state index in [4.69, 9.17) is 21.1 Å². The Labute approximate surface area is 116 Å². The van der Waals surface area contributed by atoms with E-state index in [9.17, 15) is 4.79 Å². The molecular formula is C15H13ClO3. The maximum Gasteiger partial charge on any atom is 0.253 e. The summed E-state index contributed by atoms with van der Waals surface area (Å²) in [7, 11) is 3.08. The summed E-state index contributed by atoms with van der Waals surface area (Å²) in [6.45, 7) is 0. The number of ether oxygens (including phenoxy) is 2. The molecule has 0 fully saturated rings. The molecule has 4 heteroatoms. The first-order chi connectivity index (χ1) is 9.19. The Hall–Kier alpha value is -2.00. The van der Waals surface area contributed by atoms with Crippen LogP contribution in [0.5, 0.6) is 11.5 Å². The highest BCUT2D eigenvalue weighted by molar-refractivity contribution is 6.68. The molecule has 0 saturated carbocycles.